The highest BCUT2D eigenvalue weighted by Gasteiger charge is 2.18. The lowest BCUT2D eigenvalue weighted by Crippen LogP contribution is -2.27. The van der Waals surface area contributed by atoms with Crippen molar-refractivity contribution < 1.29 is 4.39 Å². The van der Waals surface area contributed by atoms with E-state index in [1.165, 1.54) is 12.3 Å². The molecule has 0 radical (unpaired) electrons. The zero-order chi connectivity index (χ0) is 13.7. The Balaban J connectivity index is 2.11. The molecule has 4 nitrogen and oxygen atoms in total. The second-order valence-electron chi connectivity index (χ2n) is 4.46. The van der Waals surface area contributed by atoms with Gasteiger partial charge in [0.25, 0.3) is 0 Å². The van der Waals surface area contributed by atoms with Crippen LogP contribution in [0.3, 0.4) is 0 Å². The number of nitrogens with zero attached hydrogens (tertiary/aromatic N) is 2. The molecule has 2 aromatic rings. The van der Waals surface area contributed by atoms with Crippen molar-refractivity contribution in [2.24, 2.45) is 0 Å². The Hall–Kier alpha value is -1.75. The summed E-state index contributed by atoms with van der Waals surface area (Å²) >= 11 is 0. The van der Waals surface area contributed by atoms with Gasteiger partial charge in [-0.05, 0) is 25.0 Å². The molecule has 2 rings (SSSR count). The van der Waals surface area contributed by atoms with E-state index >= 15 is 0 Å². The monoisotopic (exact) mass is 262 g/mol. The van der Waals surface area contributed by atoms with Crippen molar-refractivity contribution in [3.8, 4) is 0 Å². The summed E-state index contributed by atoms with van der Waals surface area (Å²) in [7, 11) is 0. The summed E-state index contributed by atoms with van der Waals surface area (Å²) in [5, 5.41) is 3.51. The van der Waals surface area contributed by atoms with Crippen LogP contribution in [0.1, 0.15) is 50.3 Å². The number of H-pyrrole nitrogens is 1. The van der Waals surface area contributed by atoms with Gasteiger partial charge in [0.2, 0.25) is 0 Å². The molecule has 0 saturated carbocycles. The van der Waals surface area contributed by atoms with E-state index in [9.17, 15) is 4.39 Å². The molecule has 2 N–H and O–H groups in total. The van der Waals surface area contributed by atoms with Gasteiger partial charge in [0.15, 0.2) is 0 Å². The Kier molecular flexibility index (Phi) is 4.63. The van der Waals surface area contributed by atoms with Crippen LogP contribution >= 0.6 is 0 Å². The number of hydrogen-bond acceptors (Lipinski definition) is 3. The molecule has 102 valence electrons. The number of rotatable bonds is 6. The smallest absolute Gasteiger partial charge is 0.141 e. The third-order valence-electron chi connectivity index (χ3n) is 3.18. The largest absolute Gasteiger partial charge is 0.347 e. The van der Waals surface area contributed by atoms with Crippen molar-refractivity contribution in [3.05, 3.63) is 48.1 Å². The average Bonchev–Trinajstić information content (AvgIpc) is 2.95. The zero-order valence-electron chi connectivity index (χ0n) is 11.2. The predicted molar refractivity (Wildman–Crippen MR) is 72.0 cm³/mol. The Morgan fingerprint density at radius 3 is 2.53 bits per heavy atom. The Labute approximate surface area is 112 Å². The van der Waals surface area contributed by atoms with Gasteiger partial charge in [-0.3, -0.25) is 10.3 Å². The van der Waals surface area contributed by atoms with Gasteiger partial charge in [0.05, 0.1) is 17.9 Å². The standard InChI is InChI=1S/C14H19FN4/c1-3-11(13-6-5-10(15)9-18-13)19-12(4-2)14-16-7-8-17-14/h5-9,11-12,19H,3-4H2,1-2H3,(H,16,17). The maximum Gasteiger partial charge on any atom is 0.141 e. The first-order valence-electron chi connectivity index (χ1n) is 6.61. The molecule has 0 aromatic carbocycles. The van der Waals surface area contributed by atoms with Crippen molar-refractivity contribution in [1.82, 2.24) is 20.3 Å². The van der Waals surface area contributed by atoms with Crippen LogP contribution in [0.5, 0.6) is 0 Å². The molecule has 0 spiro atoms. The Morgan fingerprint density at radius 2 is 2.00 bits per heavy atom. The molecule has 5 heteroatoms. The topological polar surface area (TPSA) is 53.6 Å². The van der Waals surface area contributed by atoms with Gasteiger partial charge in [-0.25, -0.2) is 9.37 Å². The SMILES string of the molecule is CCC(NC(CC)c1ncc[nH]1)c1ccc(F)cn1. The van der Waals surface area contributed by atoms with Crippen molar-refractivity contribution >= 4 is 0 Å². The second kappa shape index (κ2) is 6.43. The summed E-state index contributed by atoms with van der Waals surface area (Å²) in [4.78, 5) is 11.6. The van der Waals surface area contributed by atoms with E-state index in [1.54, 1.807) is 12.3 Å². The number of halogens is 1. The summed E-state index contributed by atoms with van der Waals surface area (Å²) < 4.78 is 12.9. The molecule has 0 amide bonds. The van der Waals surface area contributed by atoms with Crippen LogP contribution in [0, 0.1) is 5.82 Å². The van der Waals surface area contributed by atoms with Gasteiger partial charge < -0.3 is 4.98 Å². The number of aromatic nitrogens is 3. The molecule has 2 aromatic heterocycles. The fraction of sp³-hybridized carbons (Fsp3) is 0.429. The number of aromatic amines is 1. The summed E-state index contributed by atoms with van der Waals surface area (Å²) in [6, 6.07) is 3.41. The number of imidazole rings is 1. The summed E-state index contributed by atoms with van der Waals surface area (Å²) in [5.41, 5.74) is 0.855. The molecule has 2 atom stereocenters. The molecular weight excluding hydrogens is 243 g/mol. The third kappa shape index (κ3) is 3.38. The molecular formula is C14H19FN4. The van der Waals surface area contributed by atoms with Crippen LogP contribution in [0.4, 0.5) is 4.39 Å². The van der Waals surface area contributed by atoms with Crippen molar-refractivity contribution in [2.45, 2.75) is 38.8 Å². The van der Waals surface area contributed by atoms with Crippen LogP contribution < -0.4 is 5.32 Å². The minimum Gasteiger partial charge on any atom is -0.347 e. The van der Waals surface area contributed by atoms with Gasteiger partial charge in [0, 0.05) is 18.4 Å². The van der Waals surface area contributed by atoms with E-state index in [-0.39, 0.29) is 17.9 Å². The summed E-state index contributed by atoms with van der Waals surface area (Å²) in [5.74, 6) is 0.611. The van der Waals surface area contributed by atoms with E-state index in [4.69, 9.17) is 0 Å². The Bertz CT molecular complexity index is 481. The van der Waals surface area contributed by atoms with Crippen LogP contribution in [0.15, 0.2) is 30.7 Å². The van der Waals surface area contributed by atoms with Crippen LogP contribution in [-0.4, -0.2) is 15.0 Å². The minimum atomic E-state index is -0.309. The van der Waals surface area contributed by atoms with Gasteiger partial charge in [0.1, 0.15) is 11.6 Å². The molecule has 0 saturated heterocycles. The first-order chi connectivity index (χ1) is 9.24. The van der Waals surface area contributed by atoms with Gasteiger partial charge in [-0.2, -0.15) is 0 Å². The fourth-order valence-electron chi connectivity index (χ4n) is 2.11. The highest BCUT2D eigenvalue weighted by Crippen LogP contribution is 2.21. The average molecular weight is 262 g/mol. The van der Waals surface area contributed by atoms with Crippen LogP contribution in [-0.2, 0) is 0 Å². The molecule has 0 bridgehead atoms. The van der Waals surface area contributed by atoms with E-state index in [0.29, 0.717) is 0 Å². The predicted octanol–water partition coefficient (Wildman–Crippen LogP) is 3.14. The highest BCUT2D eigenvalue weighted by molar-refractivity contribution is 5.11. The van der Waals surface area contributed by atoms with E-state index < -0.39 is 0 Å². The normalized spacial score (nSPS) is 14.3. The molecule has 0 fully saturated rings. The lowest BCUT2D eigenvalue weighted by atomic mass is 10.1. The zero-order valence-corrected chi connectivity index (χ0v) is 11.2. The number of nitrogens with one attached hydrogen (secondary N) is 2. The molecule has 0 aliphatic rings. The third-order valence-corrected chi connectivity index (χ3v) is 3.18. The van der Waals surface area contributed by atoms with Crippen LogP contribution in [0.2, 0.25) is 0 Å². The molecule has 2 heterocycles. The second-order valence-corrected chi connectivity index (χ2v) is 4.46. The van der Waals surface area contributed by atoms with Crippen molar-refractivity contribution in [1.29, 1.82) is 0 Å². The molecule has 19 heavy (non-hydrogen) atoms. The molecule has 0 aliphatic heterocycles. The summed E-state index contributed by atoms with van der Waals surface area (Å²) in [6.45, 7) is 4.18. The number of hydrogen-bond donors (Lipinski definition) is 2. The van der Waals surface area contributed by atoms with Crippen molar-refractivity contribution in [2.75, 3.05) is 0 Å². The molecule has 2 unspecified atom stereocenters. The van der Waals surface area contributed by atoms with E-state index in [2.05, 4.69) is 34.1 Å². The maximum atomic E-state index is 12.9. The summed E-state index contributed by atoms with van der Waals surface area (Å²) in [6.07, 6.45) is 6.63. The van der Waals surface area contributed by atoms with E-state index in [0.717, 1.165) is 24.4 Å². The highest BCUT2D eigenvalue weighted by atomic mass is 19.1. The minimum absolute atomic E-state index is 0.0932. The van der Waals surface area contributed by atoms with E-state index in [1.807, 2.05) is 6.20 Å². The first kappa shape index (κ1) is 13.7. The van der Waals surface area contributed by atoms with Crippen molar-refractivity contribution in [3.63, 3.8) is 0 Å². The lowest BCUT2D eigenvalue weighted by molar-refractivity contribution is 0.407. The lowest BCUT2D eigenvalue weighted by Gasteiger charge is -2.22. The quantitative estimate of drug-likeness (QED) is 0.841. The maximum absolute atomic E-state index is 12.9. The van der Waals surface area contributed by atoms with Gasteiger partial charge in [-0.1, -0.05) is 13.8 Å². The van der Waals surface area contributed by atoms with Gasteiger partial charge >= 0.3 is 0 Å². The number of pyridine rings is 1. The molecule has 0 aliphatic carbocycles. The van der Waals surface area contributed by atoms with Crippen LogP contribution in [0.25, 0.3) is 0 Å². The Morgan fingerprint density at radius 1 is 1.21 bits per heavy atom. The first-order valence-corrected chi connectivity index (χ1v) is 6.61. The fourth-order valence-corrected chi connectivity index (χ4v) is 2.11. The van der Waals surface area contributed by atoms with Gasteiger partial charge in [-0.15, -0.1) is 0 Å².